The van der Waals surface area contributed by atoms with Crippen molar-refractivity contribution < 1.29 is 4.79 Å². The van der Waals surface area contributed by atoms with Crippen molar-refractivity contribution in [3.05, 3.63) is 40.0 Å². The van der Waals surface area contributed by atoms with Crippen LogP contribution >= 0.6 is 15.9 Å². The molecule has 6 heteroatoms. The first-order valence-electron chi connectivity index (χ1n) is 8.36. The van der Waals surface area contributed by atoms with Crippen LogP contribution in [-0.4, -0.2) is 36.3 Å². The van der Waals surface area contributed by atoms with E-state index in [2.05, 4.69) is 26.6 Å². The van der Waals surface area contributed by atoms with E-state index in [1.807, 2.05) is 24.3 Å². The Morgan fingerprint density at radius 3 is 2.88 bits per heavy atom. The molecule has 0 bridgehead atoms. The van der Waals surface area contributed by atoms with Crippen LogP contribution in [0.5, 0.6) is 0 Å². The first-order valence-corrected chi connectivity index (χ1v) is 9.15. The standard InChI is InChI=1S/C18H23BrN4O/c1-12(24)23-8-7-17(21-10-13-5-6-13)16(11-23)18(20)22-15-4-2-3-14(19)9-15/h2-4,9,13,21H,5-8,10-11H2,1H3,(H2,20,22). The molecule has 2 aliphatic rings. The molecule has 0 spiro atoms. The molecule has 0 radical (unpaired) electrons. The third-order valence-electron chi connectivity index (χ3n) is 4.49. The molecule has 1 aliphatic carbocycles. The molecule has 1 aromatic carbocycles. The molecule has 1 aromatic rings. The first kappa shape index (κ1) is 17.0. The minimum atomic E-state index is 0.0593. The summed E-state index contributed by atoms with van der Waals surface area (Å²) in [5.41, 5.74) is 2.85. The normalized spacial score (nSPS) is 17.7. The second kappa shape index (κ2) is 7.38. The van der Waals surface area contributed by atoms with Crippen LogP contribution in [0.3, 0.4) is 0 Å². The van der Waals surface area contributed by atoms with Crippen LogP contribution in [0.4, 0.5) is 5.69 Å². The smallest absolute Gasteiger partial charge is 0.219 e. The topological polar surface area (TPSA) is 68.2 Å². The zero-order valence-corrected chi connectivity index (χ0v) is 15.4. The molecule has 24 heavy (non-hydrogen) atoms. The number of halogens is 1. The van der Waals surface area contributed by atoms with Gasteiger partial charge in [0.25, 0.3) is 0 Å². The van der Waals surface area contributed by atoms with E-state index < -0.39 is 0 Å². The summed E-state index contributed by atoms with van der Waals surface area (Å²) in [5.74, 6) is 1.19. The van der Waals surface area contributed by atoms with Gasteiger partial charge in [-0.2, -0.15) is 0 Å². The minimum absolute atomic E-state index is 0.0593. The fourth-order valence-electron chi connectivity index (χ4n) is 2.83. The van der Waals surface area contributed by atoms with Crippen molar-refractivity contribution in [3.63, 3.8) is 0 Å². The number of hydrogen-bond donors (Lipinski definition) is 3. The van der Waals surface area contributed by atoms with E-state index in [0.29, 0.717) is 12.4 Å². The molecule has 1 amide bonds. The summed E-state index contributed by atoms with van der Waals surface area (Å²) in [7, 11) is 0. The van der Waals surface area contributed by atoms with Crippen LogP contribution in [0.25, 0.3) is 0 Å². The summed E-state index contributed by atoms with van der Waals surface area (Å²) in [4.78, 5) is 13.5. The lowest BCUT2D eigenvalue weighted by Gasteiger charge is -2.31. The Labute approximate surface area is 151 Å². The van der Waals surface area contributed by atoms with Crippen molar-refractivity contribution in [2.24, 2.45) is 5.92 Å². The average molecular weight is 391 g/mol. The molecule has 128 valence electrons. The number of benzene rings is 1. The van der Waals surface area contributed by atoms with Gasteiger partial charge in [-0.15, -0.1) is 0 Å². The van der Waals surface area contributed by atoms with Crippen LogP contribution in [0.2, 0.25) is 0 Å². The third kappa shape index (κ3) is 4.38. The van der Waals surface area contributed by atoms with E-state index in [4.69, 9.17) is 5.41 Å². The number of nitrogens with zero attached hydrogens (tertiary/aromatic N) is 1. The van der Waals surface area contributed by atoms with Gasteiger partial charge in [0.2, 0.25) is 5.91 Å². The van der Waals surface area contributed by atoms with Crippen LogP contribution in [0.1, 0.15) is 26.2 Å². The SMILES string of the molecule is CC(=O)N1CCC(NCC2CC2)=C(C(=N)Nc2cccc(Br)c2)C1. The highest BCUT2D eigenvalue weighted by molar-refractivity contribution is 9.10. The molecule has 0 saturated heterocycles. The Hall–Kier alpha value is -1.82. The van der Waals surface area contributed by atoms with Crippen LogP contribution in [0, 0.1) is 11.3 Å². The molecule has 1 aliphatic heterocycles. The number of rotatable bonds is 5. The van der Waals surface area contributed by atoms with E-state index in [-0.39, 0.29) is 5.91 Å². The molecule has 1 fully saturated rings. The Morgan fingerprint density at radius 2 is 2.21 bits per heavy atom. The predicted molar refractivity (Wildman–Crippen MR) is 100 cm³/mol. The maximum atomic E-state index is 11.7. The summed E-state index contributed by atoms with van der Waals surface area (Å²) in [6.07, 6.45) is 3.37. The first-order chi connectivity index (χ1) is 11.5. The van der Waals surface area contributed by atoms with Gasteiger partial charge in [-0.3, -0.25) is 10.2 Å². The number of anilines is 1. The summed E-state index contributed by atoms with van der Waals surface area (Å²) < 4.78 is 0.968. The molecule has 5 nitrogen and oxygen atoms in total. The number of hydrogen-bond acceptors (Lipinski definition) is 3. The summed E-state index contributed by atoms with van der Waals surface area (Å²) >= 11 is 3.45. The zero-order valence-electron chi connectivity index (χ0n) is 13.9. The lowest BCUT2D eigenvalue weighted by molar-refractivity contribution is -0.128. The van der Waals surface area contributed by atoms with E-state index in [9.17, 15) is 4.79 Å². The lowest BCUT2D eigenvalue weighted by atomic mass is 10.0. The molecule has 3 rings (SSSR count). The monoisotopic (exact) mass is 390 g/mol. The fraction of sp³-hybridized carbons (Fsp3) is 0.444. The molecule has 0 unspecified atom stereocenters. The lowest BCUT2D eigenvalue weighted by Crippen LogP contribution is -2.41. The molecule has 1 saturated carbocycles. The van der Waals surface area contributed by atoms with E-state index in [0.717, 1.165) is 46.9 Å². The summed E-state index contributed by atoms with van der Waals surface area (Å²) in [6, 6.07) is 7.76. The Kier molecular flexibility index (Phi) is 5.23. The third-order valence-corrected chi connectivity index (χ3v) is 4.98. The predicted octanol–water partition coefficient (Wildman–Crippen LogP) is 3.34. The van der Waals surface area contributed by atoms with Crippen molar-refractivity contribution in [2.75, 3.05) is 25.0 Å². The largest absolute Gasteiger partial charge is 0.388 e. The van der Waals surface area contributed by atoms with Gasteiger partial charge in [0.05, 0.1) is 6.54 Å². The van der Waals surface area contributed by atoms with Crippen molar-refractivity contribution >= 4 is 33.4 Å². The van der Waals surface area contributed by atoms with Crippen LogP contribution in [0.15, 0.2) is 40.0 Å². The Bertz CT molecular complexity index is 681. The molecule has 0 aromatic heterocycles. The average Bonchev–Trinajstić information content (AvgIpc) is 3.37. The second-order valence-corrected chi connectivity index (χ2v) is 7.40. The van der Waals surface area contributed by atoms with E-state index in [1.165, 1.54) is 12.8 Å². The molecule has 1 heterocycles. The summed E-state index contributed by atoms with van der Waals surface area (Å²) in [6.45, 7) is 3.77. The molecular formula is C18H23BrN4O. The summed E-state index contributed by atoms with van der Waals surface area (Å²) in [5, 5.41) is 15.2. The van der Waals surface area contributed by atoms with Gasteiger partial charge in [-0.1, -0.05) is 22.0 Å². The van der Waals surface area contributed by atoms with Crippen molar-refractivity contribution in [1.29, 1.82) is 5.41 Å². The van der Waals surface area contributed by atoms with Crippen LogP contribution in [-0.2, 0) is 4.79 Å². The number of carbonyl (C=O) groups excluding carboxylic acids is 1. The number of amidine groups is 1. The van der Waals surface area contributed by atoms with Gasteiger partial charge < -0.3 is 15.5 Å². The highest BCUT2D eigenvalue weighted by atomic mass is 79.9. The molecule has 0 atom stereocenters. The molecular weight excluding hydrogens is 368 g/mol. The zero-order chi connectivity index (χ0) is 17.1. The minimum Gasteiger partial charge on any atom is -0.388 e. The van der Waals surface area contributed by atoms with Crippen molar-refractivity contribution in [2.45, 2.75) is 26.2 Å². The Morgan fingerprint density at radius 1 is 1.42 bits per heavy atom. The van der Waals surface area contributed by atoms with Gasteiger partial charge in [-0.25, -0.2) is 0 Å². The van der Waals surface area contributed by atoms with Gasteiger partial charge in [0, 0.05) is 47.9 Å². The van der Waals surface area contributed by atoms with Gasteiger partial charge in [-0.05, 0) is 37.0 Å². The van der Waals surface area contributed by atoms with Crippen LogP contribution < -0.4 is 10.6 Å². The van der Waals surface area contributed by atoms with E-state index >= 15 is 0 Å². The van der Waals surface area contributed by atoms with Gasteiger partial charge in [0.15, 0.2) is 0 Å². The van der Waals surface area contributed by atoms with Gasteiger partial charge >= 0.3 is 0 Å². The van der Waals surface area contributed by atoms with Crippen molar-refractivity contribution in [3.8, 4) is 0 Å². The highest BCUT2D eigenvalue weighted by Gasteiger charge is 2.26. The highest BCUT2D eigenvalue weighted by Crippen LogP contribution is 2.29. The number of carbonyl (C=O) groups is 1. The van der Waals surface area contributed by atoms with E-state index in [1.54, 1.807) is 11.8 Å². The number of amides is 1. The fourth-order valence-corrected chi connectivity index (χ4v) is 3.23. The Balaban J connectivity index is 1.76. The second-order valence-electron chi connectivity index (χ2n) is 6.48. The maximum absolute atomic E-state index is 11.7. The maximum Gasteiger partial charge on any atom is 0.219 e. The van der Waals surface area contributed by atoms with Gasteiger partial charge in [0.1, 0.15) is 5.84 Å². The van der Waals surface area contributed by atoms with Crippen molar-refractivity contribution in [1.82, 2.24) is 10.2 Å². The molecule has 3 N–H and O–H groups in total. The number of nitrogens with one attached hydrogen (secondary N) is 3. The quantitative estimate of drug-likeness (QED) is 0.533.